The normalized spacial score (nSPS) is 15.8. The highest BCUT2D eigenvalue weighted by molar-refractivity contribution is 7.08. The van der Waals surface area contributed by atoms with E-state index in [1.54, 1.807) is 11.3 Å². The van der Waals surface area contributed by atoms with E-state index < -0.39 is 0 Å². The summed E-state index contributed by atoms with van der Waals surface area (Å²) in [4.78, 5) is 0. The molecule has 0 bridgehead atoms. The van der Waals surface area contributed by atoms with Gasteiger partial charge in [0.25, 0.3) is 0 Å². The second-order valence-electron chi connectivity index (χ2n) is 4.06. The molecule has 2 heterocycles. The first-order valence-electron chi connectivity index (χ1n) is 5.54. The number of thiophene rings is 1. The van der Waals surface area contributed by atoms with Crippen LogP contribution in [0.2, 0.25) is 5.02 Å². The summed E-state index contributed by atoms with van der Waals surface area (Å²) in [7, 11) is 0. The van der Waals surface area contributed by atoms with Crippen LogP contribution in [0, 0.1) is 12.3 Å². The summed E-state index contributed by atoms with van der Waals surface area (Å²) in [6, 6.07) is 0. The lowest BCUT2D eigenvalue weighted by atomic mass is 10.0. The van der Waals surface area contributed by atoms with E-state index in [0.717, 1.165) is 42.9 Å². The molecule has 0 fully saturated rings. The molecule has 0 atom stereocenters. The lowest BCUT2D eigenvalue weighted by molar-refractivity contribution is 0.488. The Morgan fingerprint density at radius 1 is 1.41 bits per heavy atom. The highest BCUT2D eigenvalue weighted by atomic mass is 35.5. The third-order valence-electron chi connectivity index (χ3n) is 2.76. The average molecular weight is 268 g/mol. The van der Waals surface area contributed by atoms with Gasteiger partial charge in [0.1, 0.15) is 0 Å². The monoisotopic (exact) mass is 267 g/mol. The van der Waals surface area contributed by atoms with Crippen LogP contribution < -0.4 is 5.32 Å². The van der Waals surface area contributed by atoms with Gasteiger partial charge in [0.2, 0.25) is 0 Å². The molecule has 0 radical (unpaired) electrons. The minimum absolute atomic E-state index is 0.183. The number of rotatable bonds is 7. The minimum atomic E-state index is -0.183. The van der Waals surface area contributed by atoms with Crippen LogP contribution in [0.5, 0.6) is 0 Å². The molecule has 1 N–H and O–H groups in total. The second-order valence-corrected chi connectivity index (χ2v) is 5.21. The predicted molar refractivity (Wildman–Crippen MR) is 71.3 cm³/mol. The maximum Gasteiger partial charge on any atom is 0.193 e. The number of terminal acetylenes is 1. The maximum atomic E-state index is 6.00. The van der Waals surface area contributed by atoms with Gasteiger partial charge in [-0.15, -0.1) is 12.3 Å². The van der Waals surface area contributed by atoms with Gasteiger partial charge in [-0.3, -0.25) is 0 Å². The van der Waals surface area contributed by atoms with Crippen molar-refractivity contribution in [1.29, 1.82) is 0 Å². The molecule has 0 spiro atoms. The van der Waals surface area contributed by atoms with E-state index in [4.69, 9.17) is 18.0 Å². The summed E-state index contributed by atoms with van der Waals surface area (Å²) in [6.45, 7) is 1.68. The number of halogens is 1. The lowest BCUT2D eigenvalue weighted by Crippen LogP contribution is -2.22. The van der Waals surface area contributed by atoms with Crippen LogP contribution >= 0.6 is 22.9 Å². The van der Waals surface area contributed by atoms with Gasteiger partial charge < -0.3 is 5.32 Å². The lowest BCUT2D eigenvalue weighted by Gasteiger charge is -2.09. The van der Waals surface area contributed by atoms with E-state index in [1.807, 2.05) is 5.38 Å². The predicted octanol–water partition coefficient (Wildman–Crippen LogP) is 3.46. The zero-order chi connectivity index (χ0) is 12.1. The highest BCUT2D eigenvalue weighted by Gasteiger charge is 2.38. The molecule has 1 aromatic heterocycles. The smallest absolute Gasteiger partial charge is 0.193 e. The summed E-state index contributed by atoms with van der Waals surface area (Å²) in [5.41, 5.74) is 0.969. The number of nitrogens with zero attached hydrogens (tertiary/aromatic N) is 2. The van der Waals surface area contributed by atoms with E-state index in [2.05, 4.69) is 26.8 Å². The number of hydrogen-bond acceptors (Lipinski definition) is 4. The van der Waals surface area contributed by atoms with Gasteiger partial charge in [0.15, 0.2) is 5.66 Å². The molecule has 1 aliphatic rings. The van der Waals surface area contributed by atoms with Gasteiger partial charge >= 0.3 is 0 Å². The zero-order valence-corrected chi connectivity index (χ0v) is 11.0. The Morgan fingerprint density at radius 2 is 2.24 bits per heavy atom. The molecule has 0 aliphatic carbocycles. The Morgan fingerprint density at radius 3 is 2.82 bits per heavy atom. The first kappa shape index (κ1) is 12.6. The van der Waals surface area contributed by atoms with Gasteiger partial charge in [-0.25, -0.2) is 0 Å². The largest absolute Gasteiger partial charge is 0.312 e. The van der Waals surface area contributed by atoms with Crippen molar-refractivity contribution in [3.05, 3.63) is 21.3 Å². The van der Waals surface area contributed by atoms with Crippen molar-refractivity contribution in [3.63, 3.8) is 0 Å². The third kappa shape index (κ3) is 3.53. The van der Waals surface area contributed by atoms with Crippen molar-refractivity contribution in [2.75, 3.05) is 6.54 Å². The molecule has 1 aromatic rings. The summed E-state index contributed by atoms with van der Waals surface area (Å²) < 4.78 is 0. The van der Waals surface area contributed by atoms with Crippen LogP contribution in [0.15, 0.2) is 21.0 Å². The van der Waals surface area contributed by atoms with Crippen LogP contribution in [-0.2, 0) is 6.54 Å². The summed E-state index contributed by atoms with van der Waals surface area (Å²) >= 11 is 7.62. The quantitative estimate of drug-likeness (QED) is 0.596. The summed E-state index contributed by atoms with van der Waals surface area (Å²) in [5, 5.41) is 16.4. The van der Waals surface area contributed by atoms with Gasteiger partial charge in [-0.05, 0) is 17.5 Å². The van der Waals surface area contributed by atoms with Crippen molar-refractivity contribution >= 4 is 22.9 Å². The van der Waals surface area contributed by atoms with Crippen molar-refractivity contribution in [2.45, 2.75) is 31.5 Å². The van der Waals surface area contributed by atoms with Crippen LogP contribution in [0.3, 0.4) is 0 Å². The highest BCUT2D eigenvalue weighted by Crippen LogP contribution is 2.36. The van der Waals surface area contributed by atoms with E-state index in [0.29, 0.717) is 0 Å². The second kappa shape index (κ2) is 5.63. The summed E-state index contributed by atoms with van der Waals surface area (Å²) in [5.74, 6) is 2.63. The molecule has 1 aliphatic heterocycles. The molecule has 0 saturated heterocycles. The Hall–Kier alpha value is -0.890. The molecular weight excluding hydrogens is 254 g/mol. The summed E-state index contributed by atoms with van der Waals surface area (Å²) in [6.07, 6.45) is 7.75. The van der Waals surface area contributed by atoms with Crippen molar-refractivity contribution in [2.24, 2.45) is 10.2 Å². The molecule has 3 nitrogen and oxygen atoms in total. The Labute approximate surface area is 110 Å². The van der Waals surface area contributed by atoms with E-state index in [1.165, 1.54) is 0 Å². The molecule has 0 saturated carbocycles. The van der Waals surface area contributed by atoms with Crippen molar-refractivity contribution in [3.8, 4) is 12.3 Å². The van der Waals surface area contributed by atoms with E-state index in [-0.39, 0.29) is 5.66 Å². The first-order chi connectivity index (χ1) is 8.26. The van der Waals surface area contributed by atoms with Gasteiger partial charge in [-0.1, -0.05) is 11.6 Å². The Kier molecular flexibility index (Phi) is 4.16. The average Bonchev–Trinajstić information content (AvgIpc) is 2.99. The molecule has 90 valence electrons. The maximum absolute atomic E-state index is 6.00. The van der Waals surface area contributed by atoms with Crippen LogP contribution in [0.1, 0.15) is 24.8 Å². The first-order valence-corrected chi connectivity index (χ1v) is 6.87. The Balaban J connectivity index is 1.64. The zero-order valence-electron chi connectivity index (χ0n) is 9.45. The molecule has 0 aromatic carbocycles. The van der Waals surface area contributed by atoms with E-state index in [9.17, 15) is 0 Å². The topological polar surface area (TPSA) is 36.8 Å². The molecule has 0 unspecified atom stereocenters. The number of nitrogens with one attached hydrogen (secondary N) is 1. The van der Waals surface area contributed by atoms with E-state index >= 15 is 0 Å². The fraction of sp³-hybridized carbons (Fsp3) is 0.500. The van der Waals surface area contributed by atoms with Crippen LogP contribution in [-0.4, -0.2) is 12.2 Å². The molecular formula is C12H14ClN3S. The van der Waals surface area contributed by atoms with Crippen molar-refractivity contribution in [1.82, 2.24) is 5.32 Å². The van der Waals surface area contributed by atoms with Crippen molar-refractivity contribution < 1.29 is 0 Å². The number of hydrogen-bond donors (Lipinski definition) is 1. The molecule has 17 heavy (non-hydrogen) atoms. The molecule has 2 rings (SSSR count). The SMILES string of the molecule is C#CCCC1(CCNCc2cscc2Cl)N=N1. The minimum Gasteiger partial charge on any atom is -0.312 e. The third-order valence-corrected chi connectivity index (χ3v) is 4.03. The Bertz CT molecular complexity index is 441. The standard InChI is InChI=1S/C12H14ClN3S/c1-2-3-4-12(15-16-12)5-6-14-7-10-8-17-9-11(10)13/h1,8-9,14H,3-7H2. The fourth-order valence-corrected chi connectivity index (χ4v) is 2.67. The van der Waals surface area contributed by atoms with Gasteiger partial charge in [0.05, 0.1) is 5.02 Å². The van der Waals surface area contributed by atoms with Crippen LogP contribution in [0.25, 0.3) is 0 Å². The molecule has 0 amide bonds. The fourth-order valence-electron chi connectivity index (χ4n) is 1.61. The molecule has 5 heteroatoms. The van der Waals surface area contributed by atoms with Crippen LogP contribution in [0.4, 0.5) is 0 Å². The van der Waals surface area contributed by atoms with Gasteiger partial charge in [0, 0.05) is 31.2 Å². The van der Waals surface area contributed by atoms with Gasteiger partial charge in [-0.2, -0.15) is 21.6 Å².